The van der Waals surface area contributed by atoms with E-state index in [1.54, 1.807) is 54.3 Å². The fourth-order valence-corrected chi connectivity index (χ4v) is 3.17. The zero-order valence-electron chi connectivity index (χ0n) is 16.8. The first-order valence-corrected chi connectivity index (χ1v) is 9.75. The Hall–Kier alpha value is -3.81. The zero-order valence-corrected chi connectivity index (χ0v) is 16.8. The third kappa shape index (κ3) is 4.85. The quantitative estimate of drug-likeness (QED) is 0.480. The van der Waals surface area contributed by atoms with Gasteiger partial charge in [-0.25, -0.2) is 18.7 Å². The minimum Gasteiger partial charge on any atom is -0.441 e. The van der Waals surface area contributed by atoms with Gasteiger partial charge < -0.3 is 14.3 Å². The summed E-state index contributed by atoms with van der Waals surface area (Å²) in [5, 5.41) is 2.77. The summed E-state index contributed by atoms with van der Waals surface area (Å²) in [5.41, 5.74) is 1.77. The third-order valence-corrected chi connectivity index (χ3v) is 4.84. The van der Waals surface area contributed by atoms with Crippen LogP contribution in [0.25, 0.3) is 17.0 Å². The maximum absolute atomic E-state index is 14.4. The SMILES string of the molecule is Cc1nccn1-c1ccc(CNC(=O)CCc2ncc(-c3ccc(F)cc3)o2)cc1F. The molecule has 158 valence electrons. The Morgan fingerprint density at radius 2 is 1.94 bits per heavy atom. The van der Waals surface area contributed by atoms with E-state index in [1.807, 2.05) is 0 Å². The average molecular weight is 422 g/mol. The molecule has 4 rings (SSSR count). The van der Waals surface area contributed by atoms with Crippen LogP contribution in [-0.2, 0) is 17.8 Å². The van der Waals surface area contributed by atoms with Gasteiger partial charge in [0.15, 0.2) is 11.7 Å². The lowest BCUT2D eigenvalue weighted by molar-refractivity contribution is -0.121. The molecule has 0 spiro atoms. The Balaban J connectivity index is 1.29. The lowest BCUT2D eigenvalue weighted by Crippen LogP contribution is -2.23. The highest BCUT2D eigenvalue weighted by molar-refractivity contribution is 5.76. The maximum atomic E-state index is 14.4. The van der Waals surface area contributed by atoms with Gasteiger partial charge >= 0.3 is 0 Å². The molecule has 1 N–H and O–H groups in total. The molecule has 1 amide bonds. The Kier molecular flexibility index (Phi) is 5.88. The van der Waals surface area contributed by atoms with Crippen LogP contribution in [0.5, 0.6) is 0 Å². The number of nitrogens with zero attached hydrogens (tertiary/aromatic N) is 3. The number of halogens is 2. The van der Waals surface area contributed by atoms with Crippen molar-refractivity contribution in [3.63, 3.8) is 0 Å². The third-order valence-electron chi connectivity index (χ3n) is 4.84. The van der Waals surface area contributed by atoms with E-state index in [0.29, 0.717) is 40.7 Å². The normalized spacial score (nSPS) is 10.9. The lowest BCUT2D eigenvalue weighted by Gasteiger charge is -2.09. The van der Waals surface area contributed by atoms with Crippen molar-refractivity contribution in [1.82, 2.24) is 19.9 Å². The molecule has 31 heavy (non-hydrogen) atoms. The maximum Gasteiger partial charge on any atom is 0.220 e. The van der Waals surface area contributed by atoms with E-state index in [1.165, 1.54) is 18.2 Å². The molecule has 0 unspecified atom stereocenters. The van der Waals surface area contributed by atoms with Gasteiger partial charge in [0.1, 0.15) is 17.5 Å². The second kappa shape index (κ2) is 8.91. The minimum absolute atomic E-state index is 0.179. The van der Waals surface area contributed by atoms with E-state index in [2.05, 4.69) is 15.3 Å². The van der Waals surface area contributed by atoms with Gasteiger partial charge in [0, 0.05) is 37.3 Å². The van der Waals surface area contributed by atoms with E-state index in [4.69, 9.17) is 4.42 Å². The van der Waals surface area contributed by atoms with Crippen molar-refractivity contribution in [3.8, 4) is 17.0 Å². The number of oxazole rings is 1. The van der Waals surface area contributed by atoms with Gasteiger partial charge in [-0.2, -0.15) is 0 Å². The second-order valence-electron chi connectivity index (χ2n) is 7.03. The van der Waals surface area contributed by atoms with Crippen molar-refractivity contribution in [2.75, 3.05) is 0 Å². The molecule has 0 atom stereocenters. The summed E-state index contributed by atoms with van der Waals surface area (Å²) in [4.78, 5) is 20.4. The number of hydrogen-bond acceptors (Lipinski definition) is 4. The second-order valence-corrected chi connectivity index (χ2v) is 7.03. The van der Waals surface area contributed by atoms with Gasteiger partial charge in [-0.3, -0.25) is 4.79 Å². The topological polar surface area (TPSA) is 73.0 Å². The molecule has 0 radical (unpaired) electrons. The first-order chi connectivity index (χ1) is 15.0. The highest BCUT2D eigenvalue weighted by Gasteiger charge is 2.11. The van der Waals surface area contributed by atoms with Crippen molar-refractivity contribution in [2.45, 2.75) is 26.3 Å². The molecular formula is C23H20F2N4O2. The molecule has 2 heterocycles. The van der Waals surface area contributed by atoms with Gasteiger partial charge in [-0.05, 0) is 48.9 Å². The summed E-state index contributed by atoms with van der Waals surface area (Å²) in [7, 11) is 0. The first kappa shape index (κ1) is 20.5. The molecule has 0 aliphatic heterocycles. The van der Waals surface area contributed by atoms with Crippen LogP contribution in [-0.4, -0.2) is 20.4 Å². The number of carbonyl (C=O) groups excluding carboxylic acids is 1. The minimum atomic E-state index is -0.388. The van der Waals surface area contributed by atoms with Gasteiger partial charge in [-0.15, -0.1) is 0 Å². The number of benzene rings is 2. The summed E-state index contributed by atoms with van der Waals surface area (Å²) in [6.45, 7) is 2.01. The molecule has 0 aliphatic carbocycles. The van der Waals surface area contributed by atoms with Crippen LogP contribution in [0.1, 0.15) is 23.7 Å². The van der Waals surface area contributed by atoms with E-state index < -0.39 is 0 Å². The molecule has 0 saturated carbocycles. The van der Waals surface area contributed by atoms with Gasteiger partial charge in [0.2, 0.25) is 5.91 Å². The number of rotatable bonds is 7. The van der Waals surface area contributed by atoms with Crippen LogP contribution in [0.3, 0.4) is 0 Å². The molecule has 6 nitrogen and oxygen atoms in total. The number of carbonyl (C=O) groups is 1. The number of aryl methyl sites for hydroxylation is 2. The number of amides is 1. The van der Waals surface area contributed by atoms with E-state index >= 15 is 0 Å². The van der Waals surface area contributed by atoms with E-state index in [9.17, 15) is 13.6 Å². The largest absolute Gasteiger partial charge is 0.441 e. The van der Waals surface area contributed by atoms with Gasteiger partial charge in [-0.1, -0.05) is 6.07 Å². The summed E-state index contributed by atoms with van der Waals surface area (Å²) in [5.74, 6) is 0.706. The van der Waals surface area contributed by atoms with Gasteiger partial charge in [0.25, 0.3) is 0 Å². The Labute approximate surface area is 177 Å². The molecule has 2 aromatic heterocycles. The van der Waals surface area contributed by atoms with Crippen LogP contribution in [0.15, 0.2) is 65.5 Å². The Bertz CT molecular complexity index is 1200. The number of aromatic nitrogens is 3. The fraction of sp³-hybridized carbons (Fsp3) is 0.174. The summed E-state index contributed by atoms with van der Waals surface area (Å²) in [6, 6.07) is 10.7. The average Bonchev–Trinajstić information content (AvgIpc) is 3.40. The molecule has 0 saturated heterocycles. The summed E-state index contributed by atoms with van der Waals surface area (Å²) in [6.07, 6.45) is 5.35. The van der Waals surface area contributed by atoms with E-state index in [0.717, 1.165) is 0 Å². The van der Waals surface area contributed by atoms with Crippen molar-refractivity contribution in [1.29, 1.82) is 0 Å². The zero-order chi connectivity index (χ0) is 21.8. The van der Waals surface area contributed by atoms with Crippen molar-refractivity contribution >= 4 is 5.91 Å². The van der Waals surface area contributed by atoms with Gasteiger partial charge in [0.05, 0.1) is 11.9 Å². The van der Waals surface area contributed by atoms with Crippen molar-refractivity contribution < 1.29 is 18.0 Å². The molecule has 0 bridgehead atoms. The van der Waals surface area contributed by atoms with Crippen LogP contribution >= 0.6 is 0 Å². The summed E-state index contributed by atoms with van der Waals surface area (Å²) < 4.78 is 34.8. The predicted octanol–water partition coefficient (Wildman–Crippen LogP) is 4.36. The molecule has 0 fully saturated rings. The van der Waals surface area contributed by atoms with Crippen LogP contribution in [0, 0.1) is 18.6 Å². The lowest BCUT2D eigenvalue weighted by atomic mass is 10.2. The first-order valence-electron chi connectivity index (χ1n) is 9.75. The number of imidazole rings is 1. The highest BCUT2D eigenvalue weighted by Crippen LogP contribution is 2.21. The summed E-state index contributed by atoms with van der Waals surface area (Å²) >= 11 is 0. The molecule has 2 aromatic carbocycles. The highest BCUT2D eigenvalue weighted by atomic mass is 19.1. The Morgan fingerprint density at radius 3 is 2.65 bits per heavy atom. The molecular weight excluding hydrogens is 402 g/mol. The monoisotopic (exact) mass is 422 g/mol. The Morgan fingerprint density at radius 1 is 1.13 bits per heavy atom. The smallest absolute Gasteiger partial charge is 0.220 e. The van der Waals surface area contributed by atoms with E-state index in [-0.39, 0.29) is 30.5 Å². The predicted molar refractivity (Wildman–Crippen MR) is 110 cm³/mol. The fourth-order valence-electron chi connectivity index (χ4n) is 3.17. The van der Waals surface area contributed by atoms with Crippen molar-refractivity contribution in [2.24, 2.45) is 0 Å². The molecule has 0 aliphatic rings. The van der Waals surface area contributed by atoms with Crippen LogP contribution < -0.4 is 5.32 Å². The standard InChI is InChI=1S/C23H20F2N4O2/c1-15-26-10-11-29(15)20-7-2-16(12-19(20)25)13-27-22(30)8-9-23-28-14-21(31-23)17-3-5-18(24)6-4-17/h2-7,10-12,14H,8-9,13H2,1H3,(H,27,30). The molecule has 4 aromatic rings. The number of nitrogens with one attached hydrogen (secondary N) is 1. The van der Waals surface area contributed by atoms with Crippen LogP contribution in [0.2, 0.25) is 0 Å². The van der Waals surface area contributed by atoms with Crippen LogP contribution in [0.4, 0.5) is 8.78 Å². The number of hydrogen-bond donors (Lipinski definition) is 1. The molecule has 8 heteroatoms. The van der Waals surface area contributed by atoms with Crippen molar-refractivity contribution in [3.05, 3.63) is 90.0 Å².